The smallest absolute Gasteiger partial charge is 0.251 e. The summed E-state index contributed by atoms with van der Waals surface area (Å²) < 4.78 is 5.99. The molecular formula is C31H36N2O2. The van der Waals surface area contributed by atoms with Gasteiger partial charge in [0, 0.05) is 23.9 Å². The number of fused-ring (bicyclic) bond motifs is 1. The maximum Gasteiger partial charge on any atom is 0.251 e. The van der Waals surface area contributed by atoms with Crippen molar-refractivity contribution in [3.63, 3.8) is 0 Å². The monoisotopic (exact) mass is 468 g/mol. The van der Waals surface area contributed by atoms with Gasteiger partial charge in [-0.15, -0.1) is 0 Å². The van der Waals surface area contributed by atoms with Crippen LogP contribution in [0.5, 0.6) is 5.75 Å². The summed E-state index contributed by atoms with van der Waals surface area (Å²) in [6, 6.07) is 21.1. The molecule has 35 heavy (non-hydrogen) atoms. The van der Waals surface area contributed by atoms with Crippen LogP contribution in [0.25, 0.3) is 17.2 Å². The van der Waals surface area contributed by atoms with Crippen molar-refractivity contribution in [3.05, 3.63) is 88.5 Å². The normalized spacial score (nSPS) is 13.1. The van der Waals surface area contributed by atoms with E-state index >= 15 is 0 Å². The first kappa shape index (κ1) is 24.7. The lowest BCUT2D eigenvalue weighted by atomic mass is 9.97. The second kappa shape index (κ2) is 11.4. The molecule has 0 aliphatic heterocycles. The van der Waals surface area contributed by atoms with Crippen molar-refractivity contribution in [2.45, 2.75) is 39.5 Å². The summed E-state index contributed by atoms with van der Waals surface area (Å²) in [5, 5.41) is 3.10. The van der Waals surface area contributed by atoms with Crippen LogP contribution in [0.15, 0.2) is 66.2 Å². The molecule has 0 bridgehead atoms. The van der Waals surface area contributed by atoms with Crippen LogP contribution >= 0.6 is 0 Å². The minimum atomic E-state index is -0.0407. The molecular weight excluding hydrogens is 432 g/mol. The van der Waals surface area contributed by atoms with E-state index < -0.39 is 0 Å². The molecule has 182 valence electrons. The number of hydrogen-bond donors (Lipinski definition) is 1. The highest BCUT2D eigenvalue weighted by molar-refractivity contribution is 6.07. The van der Waals surface area contributed by atoms with Crippen LogP contribution in [0, 0.1) is 13.8 Å². The molecule has 1 N–H and O–H groups in total. The molecule has 0 unspecified atom stereocenters. The lowest BCUT2D eigenvalue weighted by molar-refractivity contribution is -0.112. The van der Waals surface area contributed by atoms with Gasteiger partial charge in [-0.1, -0.05) is 48.0 Å². The summed E-state index contributed by atoms with van der Waals surface area (Å²) >= 11 is 0. The molecule has 3 aromatic rings. The minimum Gasteiger partial charge on any atom is -0.493 e. The molecule has 1 aliphatic carbocycles. The number of aryl methyl sites for hydroxylation is 3. The summed E-state index contributed by atoms with van der Waals surface area (Å²) in [7, 11) is 4.12. The summed E-state index contributed by atoms with van der Waals surface area (Å²) in [5.74, 6) is 0.783. The van der Waals surface area contributed by atoms with E-state index in [1.54, 1.807) is 0 Å². The molecule has 0 radical (unpaired) electrons. The Kier molecular flexibility index (Phi) is 8.04. The van der Waals surface area contributed by atoms with E-state index in [4.69, 9.17) is 4.74 Å². The number of benzene rings is 3. The van der Waals surface area contributed by atoms with Crippen molar-refractivity contribution < 1.29 is 9.53 Å². The SMILES string of the molecule is Cc1ccc(-c2ccc3c(c2)C=C(C(=O)Nc2ccc(C)c(OCCCN(C)C)c2)CCC3)cc1. The van der Waals surface area contributed by atoms with Gasteiger partial charge in [0.15, 0.2) is 0 Å². The Bertz CT molecular complexity index is 1210. The third kappa shape index (κ3) is 6.61. The number of hydrogen-bond acceptors (Lipinski definition) is 3. The Morgan fingerprint density at radius 2 is 1.71 bits per heavy atom. The number of anilines is 1. The molecule has 0 fully saturated rings. The molecule has 0 spiro atoms. The number of rotatable bonds is 8. The summed E-state index contributed by atoms with van der Waals surface area (Å²) in [6.07, 6.45) is 5.73. The quantitative estimate of drug-likeness (QED) is 0.376. The topological polar surface area (TPSA) is 41.6 Å². The molecule has 0 heterocycles. The molecule has 0 aromatic heterocycles. The molecule has 0 saturated carbocycles. The van der Waals surface area contributed by atoms with E-state index in [1.165, 1.54) is 22.3 Å². The Morgan fingerprint density at radius 1 is 0.943 bits per heavy atom. The molecule has 1 amide bonds. The predicted molar refractivity (Wildman–Crippen MR) is 146 cm³/mol. The molecule has 0 saturated heterocycles. The van der Waals surface area contributed by atoms with Crippen LogP contribution in [0.3, 0.4) is 0 Å². The molecule has 3 aromatic carbocycles. The van der Waals surface area contributed by atoms with Gasteiger partial charge in [-0.25, -0.2) is 0 Å². The maximum atomic E-state index is 13.2. The molecule has 4 nitrogen and oxygen atoms in total. The highest BCUT2D eigenvalue weighted by Crippen LogP contribution is 2.30. The van der Waals surface area contributed by atoms with Crippen LogP contribution in [0.4, 0.5) is 5.69 Å². The number of nitrogens with zero attached hydrogens (tertiary/aromatic N) is 1. The van der Waals surface area contributed by atoms with E-state index in [9.17, 15) is 4.79 Å². The number of amides is 1. The first-order valence-electron chi connectivity index (χ1n) is 12.5. The third-order valence-corrected chi connectivity index (χ3v) is 6.50. The van der Waals surface area contributed by atoms with Gasteiger partial charge in [-0.2, -0.15) is 0 Å². The van der Waals surface area contributed by atoms with Crippen molar-refractivity contribution in [1.29, 1.82) is 0 Å². The van der Waals surface area contributed by atoms with Crippen LogP contribution < -0.4 is 10.1 Å². The van der Waals surface area contributed by atoms with E-state index in [-0.39, 0.29) is 5.91 Å². The Morgan fingerprint density at radius 3 is 2.49 bits per heavy atom. The fourth-order valence-corrected chi connectivity index (χ4v) is 4.40. The number of ether oxygens (including phenoxy) is 1. The zero-order chi connectivity index (χ0) is 24.8. The molecule has 4 heteroatoms. The number of carbonyl (C=O) groups is 1. The van der Waals surface area contributed by atoms with E-state index in [2.05, 4.69) is 79.8 Å². The number of carbonyl (C=O) groups excluding carboxylic acids is 1. The number of nitrogens with one attached hydrogen (secondary N) is 1. The second-order valence-corrected chi connectivity index (χ2v) is 9.74. The summed E-state index contributed by atoms with van der Waals surface area (Å²) in [4.78, 5) is 15.4. The predicted octanol–water partition coefficient (Wildman–Crippen LogP) is 6.66. The Labute approximate surface area is 209 Å². The van der Waals surface area contributed by atoms with Gasteiger partial charge < -0.3 is 15.0 Å². The van der Waals surface area contributed by atoms with Crippen LogP contribution in [-0.2, 0) is 11.2 Å². The zero-order valence-corrected chi connectivity index (χ0v) is 21.4. The second-order valence-electron chi connectivity index (χ2n) is 9.74. The van der Waals surface area contributed by atoms with E-state index in [0.29, 0.717) is 6.61 Å². The average molecular weight is 469 g/mol. The summed E-state index contributed by atoms with van der Waals surface area (Å²) in [5.41, 5.74) is 8.71. The van der Waals surface area contributed by atoms with Crippen molar-refractivity contribution in [2.24, 2.45) is 0 Å². The standard InChI is InChI=1S/C31H36N2O2/c1-22-9-12-25(13-10-22)26-15-14-24-7-5-8-27(20-28(24)19-26)31(34)32-29-16-11-23(2)30(21-29)35-18-6-17-33(3)4/h9-16,19-21H,5-8,17-18H2,1-4H3,(H,32,34). The average Bonchev–Trinajstić information content (AvgIpc) is 3.06. The van der Waals surface area contributed by atoms with Gasteiger partial charge in [0.05, 0.1) is 6.61 Å². The fraction of sp³-hybridized carbons (Fsp3) is 0.323. The Hall–Kier alpha value is -3.37. The van der Waals surface area contributed by atoms with Gasteiger partial charge in [0.25, 0.3) is 5.91 Å². The molecule has 0 atom stereocenters. The van der Waals surface area contributed by atoms with Crippen molar-refractivity contribution in [1.82, 2.24) is 4.90 Å². The van der Waals surface area contributed by atoms with Gasteiger partial charge in [-0.05, 0) is 99.7 Å². The Balaban J connectivity index is 1.49. The van der Waals surface area contributed by atoms with Crippen molar-refractivity contribution >= 4 is 17.7 Å². The van der Waals surface area contributed by atoms with Crippen LogP contribution in [0.2, 0.25) is 0 Å². The van der Waals surface area contributed by atoms with Crippen molar-refractivity contribution in [2.75, 3.05) is 32.6 Å². The van der Waals surface area contributed by atoms with Gasteiger partial charge in [-0.3, -0.25) is 4.79 Å². The fourth-order valence-electron chi connectivity index (χ4n) is 4.40. The van der Waals surface area contributed by atoms with E-state index in [1.807, 2.05) is 25.1 Å². The van der Waals surface area contributed by atoms with Crippen LogP contribution in [-0.4, -0.2) is 38.1 Å². The molecule has 1 aliphatic rings. The highest BCUT2D eigenvalue weighted by Gasteiger charge is 2.16. The third-order valence-electron chi connectivity index (χ3n) is 6.50. The van der Waals surface area contributed by atoms with E-state index in [0.717, 1.165) is 60.4 Å². The minimum absolute atomic E-state index is 0.0407. The molecule has 4 rings (SSSR count). The first-order chi connectivity index (χ1) is 16.9. The van der Waals surface area contributed by atoms with Gasteiger partial charge in [0.2, 0.25) is 0 Å². The van der Waals surface area contributed by atoms with Gasteiger partial charge in [0.1, 0.15) is 5.75 Å². The van der Waals surface area contributed by atoms with Crippen LogP contribution in [0.1, 0.15) is 41.5 Å². The highest BCUT2D eigenvalue weighted by atomic mass is 16.5. The maximum absolute atomic E-state index is 13.2. The lowest BCUT2D eigenvalue weighted by Gasteiger charge is -2.14. The first-order valence-corrected chi connectivity index (χ1v) is 12.5. The lowest BCUT2D eigenvalue weighted by Crippen LogP contribution is -2.16. The largest absolute Gasteiger partial charge is 0.493 e. The van der Waals surface area contributed by atoms with Crippen molar-refractivity contribution in [3.8, 4) is 16.9 Å². The zero-order valence-electron chi connectivity index (χ0n) is 21.4. The van der Waals surface area contributed by atoms with Gasteiger partial charge >= 0.3 is 0 Å². The summed E-state index contributed by atoms with van der Waals surface area (Å²) in [6.45, 7) is 5.77.